The summed E-state index contributed by atoms with van der Waals surface area (Å²) in [6, 6.07) is 8.33. The predicted molar refractivity (Wildman–Crippen MR) is 104 cm³/mol. The average molecular weight is 426 g/mol. The summed E-state index contributed by atoms with van der Waals surface area (Å²) in [5.74, 6) is -0.257. The first kappa shape index (κ1) is 22.4. The summed E-state index contributed by atoms with van der Waals surface area (Å²) in [5.41, 5.74) is 0.614. The van der Waals surface area contributed by atoms with E-state index in [0.29, 0.717) is 17.1 Å². The molecule has 0 atom stereocenters. The number of sulfonamides is 1. The molecule has 1 amide bonds. The molecule has 1 N–H and O–H groups in total. The molecule has 0 saturated heterocycles. The summed E-state index contributed by atoms with van der Waals surface area (Å²) in [6.45, 7) is -0.400. The Bertz CT molecular complexity index is 958. The van der Waals surface area contributed by atoms with Crippen LogP contribution >= 0.6 is 0 Å². The number of rotatable bonds is 9. The van der Waals surface area contributed by atoms with Crippen LogP contribution in [0.1, 0.15) is 5.56 Å². The Morgan fingerprint density at radius 1 is 1.03 bits per heavy atom. The Balaban J connectivity index is 2.13. The van der Waals surface area contributed by atoms with Crippen LogP contribution in [0.15, 0.2) is 41.3 Å². The number of methoxy groups -OCH3 is 3. The number of nitrogens with one attached hydrogen (secondary N) is 1. The van der Waals surface area contributed by atoms with Crippen LogP contribution in [-0.2, 0) is 21.4 Å². The monoisotopic (exact) mass is 426 g/mol. The van der Waals surface area contributed by atoms with E-state index < -0.39 is 28.3 Å². The van der Waals surface area contributed by atoms with Crippen molar-refractivity contribution >= 4 is 15.9 Å². The van der Waals surface area contributed by atoms with Crippen molar-refractivity contribution in [2.24, 2.45) is 0 Å². The first-order valence-electron chi connectivity index (χ1n) is 8.51. The number of nitrogens with zero attached hydrogens (tertiary/aromatic N) is 1. The third-order valence-electron chi connectivity index (χ3n) is 4.17. The van der Waals surface area contributed by atoms with Crippen molar-refractivity contribution in [2.75, 3.05) is 34.9 Å². The van der Waals surface area contributed by atoms with Crippen LogP contribution in [0.5, 0.6) is 17.2 Å². The molecule has 0 fully saturated rings. The van der Waals surface area contributed by atoms with Gasteiger partial charge in [-0.05, 0) is 30.3 Å². The summed E-state index contributed by atoms with van der Waals surface area (Å²) >= 11 is 0. The van der Waals surface area contributed by atoms with E-state index in [-0.39, 0.29) is 17.2 Å². The van der Waals surface area contributed by atoms with Crippen LogP contribution in [0.25, 0.3) is 0 Å². The lowest BCUT2D eigenvalue weighted by Crippen LogP contribution is -2.38. The number of halogens is 1. The Hall–Kier alpha value is -2.85. The molecule has 0 aliphatic heterocycles. The van der Waals surface area contributed by atoms with Gasteiger partial charge in [0.2, 0.25) is 15.9 Å². The maximum Gasteiger partial charge on any atom is 0.247 e. The molecule has 0 aromatic heterocycles. The van der Waals surface area contributed by atoms with Crippen LogP contribution in [0.3, 0.4) is 0 Å². The molecule has 10 heteroatoms. The lowest BCUT2D eigenvalue weighted by molar-refractivity contribution is -0.121. The van der Waals surface area contributed by atoms with Crippen LogP contribution in [0.4, 0.5) is 4.39 Å². The van der Waals surface area contributed by atoms with Gasteiger partial charge in [-0.15, -0.1) is 0 Å². The highest BCUT2D eigenvalue weighted by Gasteiger charge is 2.27. The normalized spacial score (nSPS) is 11.2. The fraction of sp³-hybridized carbons (Fsp3) is 0.316. The minimum Gasteiger partial charge on any atom is -0.496 e. The second-order valence-electron chi connectivity index (χ2n) is 5.97. The van der Waals surface area contributed by atoms with Crippen LogP contribution in [0, 0.1) is 5.82 Å². The Labute approximate surface area is 169 Å². The highest BCUT2D eigenvalue weighted by atomic mass is 32.2. The molecule has 0 bridgehead atoms. The smallest absolute Gasteiger partial charge is 0.247 e. The number of ether oxygens (including phenoxy) is 3. The largest absolute Gasteiger partial charge is 0.496 e. The van der Waals surface area contributed by atoms with Gasteiger partial charge in [0.05, 0.1) is 40.0 Å². The molecule has 0 aliphatic carbocycles. The molecule has 0 aliphatic rings. The van der Waals surface area contributed by atoms with Gasteiger partial charge in [-0.3, -0.25) is 4.79 Å². The number of hydrogen-bond donors (Lipinski definition) is 1. The topological polar surface area (TPSA) is 94.2 Å². The zero-order valence-corrected chi connectivity index (χ0v) is 17.4. The molecule has 0 unspecified atom stereocenters. The molecule has 29 heavy (non-hydrogen) atoms. The van der Waals surface area contributed by atoms with Crippen molar-refractivity contribution in [3.05, 3.63) is 47.8 Å². The van der Waals surface area contributed by atoms with Crippen molar-refractivity contribution in [3.8, 4) is 17.2 Å². The van der Waals surface area contributed by atoms with Gasteiger partial charge in [-0.25, -0.2) is 12.8 Å². The number of hydrogen-bond acceptors (Lipinski definition) is 6. The molecule has 158 valence electrons. The predicted octanol–water partition coefficient (Wildman–Crippen LogP) is 1.79. The summed E-state index contributed by atoms with van der Waals surface area (Å²) < 4.78 is 55.4. The van der Waals surface area contributed by atoms with Gasteiger partial charge in [0.25, 0.3) is 0 Å². The lowest BCUT2D eigenvalue weighted by Gasteiger charge is -2.19. The van der Waals surface area contributed by atoms with E-state index in [4.69, 9.17) is 14.2 Å². The van der Waals surface area contributed by atoms with E-state index in [1.165, 1.54) is 34.4 Å². The molecular formula is C19H23FN2O6S. The van der Waals surface area contributed by atoms with Crippen LogP contribution in [-0.4, -0.2) is 53.6 Å². The highest BCUT2D eigenvalue weighted by Crippen LogP contribution is 2.28. The van der Waals surface area contributed by atoms with Crippen molar-refractivity contribution in [2.45, 2.75) is 11.4 Å². The first-order chi connectivity index (χ1) is 13.7. The van der Waals surface area contributed by atoms with E-state index in [9.17, 15) is 17.6 Å². The number of likely N-dealkylation sites (N-methyl/N-ethyl adjacent to an activating group) is 1. The SMILES string of the molecule is COc1ccc(F)cc1S(=O)(=O)N(C)CC(=O)NCc1c(OC)cccc1OC. The van der Waals surface area contributed by atoms with Gasteiger partial charge in [-0.2, -0.15) is 4.31 Å². The van der Waals surface area contributed by atoms with Gasteiger partial charge in [-0.1, -0.05) is 6.07 Å². The summed E-state index contributed by atoms with van der Waals surface area (Å²) in [6.07, 6.45) is 0. The van der Waals surface area contributed by atoms with E-state index in [1.807, 2.05) is 0 Å². The fourth-order valence-corrected chi connectivity index (χ4v) is 3.94. The highest BCUT2D eigenvalue weighted by molar-refractivity contribution is 7.89. The number of benzene rings is 2. The van der Waals surface area contributed by atoms with Crippen molar-refractivity contribution in [3.63, 3.8) is 0 Å². The number of carbonyl (C=O) groups is 1. The Morgan fingerprint density at radius 2 is 1.62 bits per heavy atom. The van der Waals surface area contributed by atoms with E-state index in [1.54, 1.807) is 18.2 Å². The first-order valence-corrected chi connectivity index (χ1v) is 9.95. The van der Waals surface area contributed by atoms with Crippen LogP contribution < -0.4 is 19.5 Å². The lowest BCUT2D eigenvalue weighted by atomic mass is 10.1. The third-order valence-corrected chi connectivity index (χ3v) is 6.00. The quantitative estimate of drug-likeness (QED) is 0.657. The summed E-state index contributed by atoms with van der Waals surface area (Å²) in [7, 11) is 1.34. The molecule has 0 spiro atoms. The zero-order valence-electron chi connectivity index (χ0n) is 16.6. The number of amides is 1. The maximum absolute atomic E-state index is 13.5. The van der Waals surface area contributed by atoms with Gasteiger partial charge in [0.15, 0.2) is 0 Å². The molecule has 0 saturated carbocycles. The molecule has 2 aromatic rings. The van der Waals surface area contributed by atoms with Crippen molar-refractivity contribution in [1.82, 2.24) is 9.62 Å². The molecule has 2 rings (SSSR count). The second-order valence-corrected chi connectivity index (χ2v) is 7.99. The minimum absolute atomic E-state index is 0.0163. The Morgan fingerprint density at radius 3 is 2.17 bits per heavy atom. The van der Waals surface area contributed by atoms with Gasteiger partial charge in [0.1, 0.15) is 28.0 Å². The van der Waals surface area contributed by atoms with Crippen molar-refractivity contribution in [1.29, 1.82) is 0 Å². The van der Waals surface area contributed by atoms with E-state index in [2.05, 4.69) is 5.32 Å². The molecule has 0 radical (unpaired) electrons. The fourth-order valence-electron chi connectivity index (χ4n) is 2.65. The maximum atomic E-state index is 13.5. The molecular weight excluding hydrogens is 403 g/mol. The van der Waals surface area contributed by atoms with Crippen LogP contribution in [0.2, 0.25) is 0 Å². The standard InChI is InChI=1S/C19H23FN2O6S/c1-22(29(24,25)18-10-13(20)8-9-17(18)28-4)12-19(23)21-11-14-15(26-2)6-5-7-16(14)27-3/h5-10H,11-12H2,1-4H3,(H,21,23). The molecule has 0 heterocycles. The summed E-state index contributed by atoms with van der Waals surface area (Å²) in [5, 5.41) is 2.63. The summed E-state index contributed by atoms with van der Waals surface area (Å²) in [4.78, 5) is 12.0. The Kier molecular flexibility index (Phi) is 7.40. The van der Waals surface area contributed by atoms with Crippen molar-refractivity contribution < 1.29 is 31.8 Å². The molecule has 2 aromatic carbocycles. The van der Waals surface area contributed by atoms with Gasteiger partial charge < -0.3 is 19.5 Å². The third kappa shape index (κ3) is 5.15. The van der Waals surface area contributed by atoms with Gasteiger partial charge in [0, 0.05) is 7.05 Å². The van der Waals surface area contributed by atoms with E-state index in [0.717, 1.165) is 16.4 Å². The van der Waals surface area contributed by atoms with Gasteiger partial charge >= 0.3 is 0 Å². The second kappa shape index (κ2) is 9.57. The minimum atomic E-state index is -4.15. The molecule has 8 nitrogen and oxygen atoms in total. The van der Waals surface area contributed by atoms with E-state index >= 15 is 0 Å². The zero-order chi connectivity index (χ0) is 21.6. The number of carbonyl (C=O) groups excluding carboxylic acids is 1. The average Bonchev–Trinajstić information content (AvgIpc) is 2.71.